The van der Waals surface area contributed by atoms with Crippen LogP contribution in [0.2, 0.25) is 0 Å². The van der Waals surface area contributed by atoms with E-state index >= 15 is 0 Å². The summed E-state index contributed by atoms with van der Waals surface area (Å²) in [5, 5.41) is 3.53. The highest BCUT2D eigenvalue weighted by Crippen LogP contribution is 2.42. The van der Waals surface area contributed by atoms with Gasteiger partial charge in [-0.2, -0.15) is 0 Å². The minimum absolute atomic E-state index is 0.0584. The lowest BCUT2D eigenvalue weighted by Gasteiger charge is -2.14. The number of carbonyl (C=O) groups is 2. The maximum Gasteiger partial charge on any atom is 0.337 e. The first-order chi connectivity index (χ1) is 9.56. The van der Waals surface area contributed by atoms with Crippen molar-refractivity contribution in [2.24, 2.45) is 0 Å². The molecule has 1 atom stereocenters. The summed E-state index contributed by atoms with van der Waals surface area (Å²) in [5.41, 5.74) is 1.70. The van der Waals surface area contributed by atoms with Gasteiger partial charge in [-0.05, 0) is 13.3 Å². The lowest BCUT2D eigenvalue weighted by molar-refractivity contribution is -0.143. The predicted molar refractivity (Wildman–Crippen MR) is 78.8 cm³/mol. The van der Waals surface area contributed by atoms with E-state index in [0.717, 1.165) is 35.0 Å². The van der Waals surface area contributed by atoms with Gasteiger partial charge in [0.15, 0.2) is 0 Å². The van der Waals surface area contributed by atoms with Gasteiger partial charge in [0.2, 0.25) is 5.91 Å². The van der Waals surface area contributed by atoms with Crippen LogP contribution >= 0.6 is 11.8 Å². The number of nitrogens with one attached hydrogen (secondary N) is 1. The Kier molecular flexibility index (Phi) is 4.75. The molecule has 2 aliphatic heterocycles. The summed E-state index contributed by atoms with van der Waals surface area (Å²) in [7, 11) is 1.61. The minimum atomic E-state index is -0.217. The fourth-order valence-electron chi connectivity index (χ4n) is 2.12. The van der Waals surface area contributed by atoms with Crippen molar-refractivity contribution in [2.75, 3.05) is 19.3 Å². The number of amides is 1. The van der Waals surface area contributed by atoms with E-state index in [4.69, 9.17) is 4.74 Å². The lowest BCUT2D eigenvalue weighted by atomic mass is 10.2. The van der Waals surface area contributed by atoms with Crippen molar-refractivity contribution in [3.05, 3.63) is 22.4 Å². The van der Waals surface area contributed by atoms with E-state index in [9.17, 15) is 9.59 Å². The molecular weight excluding hydrogens is 276 g/mol. The summed E-state index contributed by atoms with van der Waals surface area (Å²) in [6.07, 6.45) is 3.04. The monoisotopic (exact) mass is 296 g/mol. The zero-order chi connectivity index (χ0) is 14.7. The van der Waals surface area contributed by atoms with Crippen molar-refractivity contribution in [3.8, 4) is 0 Å². The smallest absolute Gasteiger partial charge is 0.337 e. The Morgan fingerprint density at radius 2 is 2.30 bits per heavy atom. The largest absolute Gasteiger partial charge is 0.459 e. The van der Waals surface area contributed by atoms with Crippen LogP contribution in [0.3, 0.4) is 0 Å². The summed E-state index contributed by atoms with van der Waals surface area (Å²) >= 11 is 1.60. The molecule has 0 spiro atoms. The zero-order valence-corrected chi connectivity index (χ0v) is 12.9. The minimum Gasteiger partial charge on any atom is -0.459 e. The SMILES string of the molecule is CCC(C)OC(=O)C1=C2SCC(=CC(=O)NC)N2CC1. The van der Waals surface area contributed by atoms with Crippen LogP contribution in [0.15, 0.2) is 22.4 Å². The van der Waals surface area contributed by atoms with Crippen molar-refractivity contribution in [1.29, 1.82) is 0 Å². The molecule has 0 aromatic heterocycles. The van der Waals surface area contributed by atoms with E-state index in [1.165, 1.54) is 0 Å². The van der Waals surface area contributed by atoms with Crippen molar-refractivity contribution < 1.29 is 14.3 Å². The first-order valence-electron chi connectivity index (χ1n) is 6.83. The van der Waals surface area contributed by atoms with Gasteiger partial charge in [0.05, 0.1) is 16.7 Å². The highest BCUT2D eigenvalue weighted by atomic mass is 32.2. The molecule has 1 N–H and O–H groups in total. The van der Waals surface area contributed by atoms with Crippen LogP contribution in [0.25, 0.3) is 0 Å². The number of thioether (sulfide) groups is 1. The maximum atomic E-state index is 12.1. The summed E-state index contributed by atoms with van der Waals surface area (Å²) in [4.78, 5) is 25.6. The molecule has 2 rings (SSSR count). The number of fused-ring (bicyclic) bond motifs is 1. The van der Waals surface area contributed by atoms with Crippen LogP contribution in [0.1, 0.15) is 26.7 Å². The normalized spacial score (nSPS) is 21.1. The quantitative estimate of drug-likeness (QED) is 0.631. The molecular formula is C14H20N2O3S. The van der Waals surface area contributed by atoms with Crippen LogP contribution in [-0.2, 0) is 14.3 Å². The Morgan fingerprint density at radius 1 is 1.55 bits per heavy atom. The number of ether oxygens (including phenoxy) is 1. The highest BCUT2D eigenvalue weighted by Gasteiger charge is 2.35. The highest BCUT2D eigenvalue weighted by molar-refractivity contribution is 8.03. The van der Waals surface area contributed by atoms with E-state index in [0.29, 0.717) is 6.42 Å². The van der Waals surface area contributed by atoms with E-state index in [2.05, 4.69) is 5.32 Å². The second-order valence-electron chi connectivity index (χ2n) is 4.85. The molecule has 1 saturated heterocycles. The molecule has 1 amide bonds. The molecule has 5 nitrogen and oxygen atoms in total. The lowest BCUT2D eigenvalue weighted by Crippen LogP contribution is -2.19. The van der Waals surface area contributed by atoms with Crippen LogP contribution in [0.4, 0.5) is 0 Å². The van der Waals surface area contributed by atoms with E-state index in [1.807, 2.05) is 18.7 Å². The second kappa shape index (κ2) is 6.35. The van der Waals surface area contributed by atoms with Crippen molar-refractivity contribution in [2.45, 2.75) is 32.8 Å². The van der Waals surface area contributed by atoms with Gasteiger partial charge in [-0.15, -0.1) is 11.8 Å². The molecule has 0 aromatic carbocycles. The number of carbonyl (C=O) groups excluding carboxylic acids is 2. The third-order valence-electron chi connectivity index (χ3n) is 3.47. The van der Waals surface area contributed by atoms with Crippen molar-refractivity contribution >= 4 is 23.6 Å². The third kappa shape index (κ3) is 3.00. The molecule has 0 radical (unpaired) electrons. The Morgan fingerprint density at radius 3 is 2.95 bits per heavy atom. The Hall–Kier alpha value is -1.43. The van der Waals surface area contributed by atoms with Gasteiger partial charge in [-0.25, -0.2) is 4.79 Å². The zero-order valence-electron chi connectivity index (χ0n) is 12.1. The van der Waals surface area contributed by atoms with Gasteiger partial charge in [-0.1, -0.05) is 6.92 Å². The van der Waals surface area contributed by atoms with Gasteiger partial charge in [0.25, 0.3) is 0 Å². The van der Waals surface area contributed by atoms with Gasteiger partial charge >= 0.3 is 5.97 Å². The van der Waals surface area contributed by atoms with E-state index < -0.39 is 0 Å². The van der Waals surface area contributed by atoms with Crippen LogP contribution in [0, 0.1) is 0 Å². The molecule has 1 fully saturated rings. The van der Waals surface area contributed by atoms with E-state index in [-0.39, 0.29) is 18.0 Å². The number of hydrogen-bond acceptors (Lipinski definition) is 5. The average Bonchev–Trinajstić information content (AvgIpc) is 3.01. The third-order valence-corrected chi connectivity index (χ3v) is 4.65. The van der Waals surface area contributed by atoms with Crippen LogP contribution in [0.5, 0.6) is 0 Å². The molecule has 110 valence electrons. The molecule has 0 aliphatic carbocycles. The first-order valence-corrected chi connectivity index (χ1v) is 7.82. The molecule has 2 heterocycles. The van der Waals surface area contributed by atoms with Gasteiger partial charge in [0.1, 0.15) is 0 Å². The molecule has 1 unspecified atom stereocenters. The number of rotatable bonds is 4. The fourth-order valence-corrected chi connectivity index (χ4v) is 3.37. The van der Waals surface area contributed by atoms with Gasteiger partial charge in [-0.3, -0.25) is 4.79 Å². The fraction of sp³-hybridized carbons (Fsp3) is 0.571. The van der Waals surface area contributed by atoms with Gasteiger partial charge < -0.3 is 15.0 Å². The molecule has 0 saturated carbocycles. The topological polar surface area (TPSA) is 58.6 Å². The summed E-state index contributed by atoms with van der Waals surface area (Å²) in [6.45, 7) is 4.63. The summed E-state index contributed by atoms with van der Waals surface area (Å²) in [6, 6.07) is 0. The number of nitrogens with zero attached hydrogens (tertiary/aromatic N) is 1. The maximum absolute atomic E-state index is 12.1. The Labute approximate surface area is 123 Å². The molecule has 6 heteroatoms. The number of likely N-dealkylation sites (N-methyl/N-ethyl adjacent to an activating group) is 1. The number of hydrogen-bond donors (Lipinski definition) is 1. The van der Waals surface area contributed by atoms with E-state index in [1.54, 1.807) is 24.9 Å². The molecule has 0 bridgehead atoms. The van der Waals surface area contributed by atoms with Crippen molar-refractivity contribution in [1.82, 2.24) is 10.2 Å². The average molecular weight is 296 g/mol. The molecule has 20 heavy (non-hydrogen) atoms. The molecule has 2 aliphatic rings. The first kappa shape index (κ1) is 15.0. The van der Waals surface area contributed by atoms with Crippen LogP contribution < -0.4 is 5.32 Å². The Balaban J connectivity index is 2.13. The summed E-state index contributed by atoms with van der Waals surface area (Å²) < 4.78 is 5.39. The molecule has 0 aromatic rings. The predicted octanol–water partition coefficient (Wildman–Crippen LogP) is 1.62. The Bertz CT molecular complexity index is 485. The summed E-state index contributed by atoms with van der Waals surface area (Å²) in [5.74, 6) is 0.395. The number of esters is 1. The standard InChI is InChI=1S/C14H20N2O3S/c1-4-9(2)19-14(18)11-5-6-16-10(7-12(17)15-3)8-20-13(11)16/h7,9H,4-6,8H2,1-3H3,(H,15,17). The second-order valence-corrected chi connectivity index (χ2v) is 5.81. The van der Waals surface area contributed by atoms with Crippen molar-refractivity contribution in [3.63, 3.8) is 0 Å². The van der Waals surface area contributed by atoms with Gasteiger partial charge in [0, 0.05) is 37.5 Å². The van der Waals surface area contributed by atoms with Crippen LogP contribution in [-0.4, -0.2) is 42.2 Å².